The highest BCUT2D eigenvalue weighted by molar-refractivity contribution is 5.84. The van der Waals surface area contributed by atoms with Gasteiger partial charge in [-0.25, -0.2) is 4.79 Å². The van der Waals surface area contributed by atoms with Crippen LogP contribution in [-0.4, -0.2) is 50.0 Å². The molecule has 1 atom stereocenters. The smallest absolute Gasteiger partial charge is 0.328 e. The third-order valence-corrected chi connectivity index (χ3v) is 2.47. The number of hydrogen-bond donors (Lipinski definition) is 2. The molecule has 0 aliphatic heterocycles. The number of ether oxygens (including phenoxy) is 3. The molecule has 0 saturated heterocycles. The predicted octanol–water partition coefficient (Wildman–Crippen LogP) is 0.680. The van der Waals surface area contributed by atoms with Gasteiger partial charge < -0.3 is 24.6 Å². The zero-order chi connectivity index (χ0) is 15.7. The fourth-order valence-corrected chi connectivity index (χ4v) is 1.52. The van der Waals surface area contributed by atoms with Crippen LogP contribution in [0.1, 0.15) is 6.92 Å². The van der Waals surface area contributed by atoms with Crippen molar-refractivity contribution in [3.63, 3.8) is 0 Å². The second kappa shape index (κ2) is 8.80. The van der Waals surface area contributed by atoms with Crippen LogP contribution in [0.4, 0.5) is 0 Å². The van der Waals surface area contributed by atoms with Crippen LogP contribution >= 0.6 is 0 Å². The Balaban J connectivity index is 2.43. The highest BCUT2D eigenvalue weighted by Gasteiger charge is 2.19. The van der Waals surface area contributed by atoms with E-state index in [4.69, 9.17) is 19.3 Å². The highest BCUT2D eigenvalue weighted by Crippen LogP contribution is 2.17. The lowest BCUT2D eigenvalue weighted by Crippen LogP contribution is -2.45. The van der Waals surface area contributed by atoms with E-state index in [-0.39, 0.29) is 13.2 Å². The molecule has 21 heavy (non-hydrogen) atoms. The van der Waals surface area contributed by atoms with E-state index in [9.17, 15) is 9.59 Å². The molecule has 116 valence electrons. The lowest BCUT2D eigenvalue weighted by atomic mass is 10.3. The van der Waals surface area contributed by atoms with Gasteiger partial charge in [-0.2, -0.15) is 0 Å². The number of nitrogens with one attached hydrogen (secondary N) is 1. The van der Waals surface area contributed by atoms with Crippen LogP contribution in [0.15, 0.2) is 24.3 Å². The van der Waals surface area contributed by atoms with Crippen LogP contribution in [0, 0.1) is 0 Å². The van der Waals surface area contributed by atoms with Gasteiger partial charge in [0, 0.05) is 7.11 Å². The third-order valence-electron chi connectivity index (χ3n) is 2.47. The summed E-state index contributed by atoms with van der Waals surface area (Å²) in [5, 5.41) is 11.2. The molecule has 7 heteroatoms. The Morgan fingerprint density at radius 2 is 1.76 bits per heavy atom. The Morgan fingerprint density at radius 3 is 2.24 bits per heavy atom. The summed E-state index contributed by atoms with van der Waals surface area (Å²) in [5.74, 6) is -0.493. The largest absolute Gasteiger partial charge is 0.494 e. The number of benzene rings is 1. The summed E-state index contributed by atoms with van der Waals surface area (Å²) in [6, 6.07) is 5.69. The first-order chi connectivity index (χ1) is 10.1. The minimum atomic E-state index is -1.16. The SMILES string of the molecule is CCOc1ccc(OCC(=O)NC(COC)C(=O)O)cc1. The zero-order valence-electron chi connectivity index (χ0n) is 12.0. The van der Waals surface area contributed by atoms with Crippen molar-refractivity contribution in [1.29, 1.82) is 0 Å². The number of carbonyl (C=O) groups is 2. The van der Waals surface area contributed by atoms with Crippen LogP contribution in [0.3, 0.4) is 0 Å². The molecule has 0 fully saturated rings. The average molecular weight is 297 g/mol. The van der Waals surface area contributed by atoms with Crippen LogP contribution < -0.4 is 14.8 Å². The van der Waals surface area contributed by atoms with E-state index < -0.39 is 17.9 Å². The molecule has 7 nitrogen and oxygen atoms in total. The van der Waals surface area contributed by atoms with Gasteiger partial charge in [-0.3, -0.25) is 4.79 Å². The Labute approximate surface area is 122 Å². The normalized spacial score (nSPS) is 11.5. The van der Waals surface area contributed by atoms with Gasteiger partial charge in [0.1, 0.15) is 11.5 Å². The number of amides is 1. The monoisotopic (exact) mass is 297 g/mol. The molecule has 1 unspecified atom stereocenters. The number of aliphatic carboxylic acids is 1. The molecular formula is C14H19NO6. The molecule has 1 aromatic carbocycles. The molecule has 1 amide bonds. The summed E-state index contributed by atoms with van der Waals surface area (Å²) < 4.78 is 15.3. The van der Waals surface area contributed by atoms with E-state index in [0.717, 1.165) is 0 Å². The van der Waals surface area contributed by atoms with Crippen molar-refractivity contribution in [3.05, 3.63) is 24.3 Å². The molecule has 2 N–H and O–H groups in total. The number of carboxylic acid groups (broad SMARTS) is 1. The zero-order valence-corrected chi connectivity index (χ0v) is 12.0. The maximum absolute atomic E-state index is 11.6. The van der Waals surface area contributed by atoms with E-state index in [0.29, 0.717) is 18.1 Å². The summed E-state index contributed by atoms with van der Waals surface area (Å²) in [7, 11) is 1.36. The van der Waals surface area contributed by atoms with Gasteiger partial charge >= 0.3 is 5.97 Å². The molecular weight excluding hydrogens is 278 g/mol. The van der Waals surface area contributed by atoms with Gasteiger partial charge in [0.2, 0.25) is 0 Å². The Morgan fingerprint density at radius 1 is 1.19 bits per heavy atom. The molecule has 0 bridgehead atoms. The molecule has 1 aromatic rings. The lowest BCUT2D eigenvalue weighted by molar-refractivity contribution is -0.143. The van der Waals surface area contributed by atoms with E-state index >= 15 is 0 Å². The highest BCUT2D eigenvalue weighted by atomic mass is 16.5. The van der Waals surface area contributed by atoms with Crippen molar-refractivity contribution < 1.29 is 28.9 Å². The van der Waals surface area contributed by atoms with Crippen LogP contribution in [0.5, 0.6) is 11.5 Å². The van der Waals surface area contributed by atoms with E-state index in [1.165, 1.54) is 7.11 Å². The first-order valence-corrected chi connectivity index (χ1v) is 6.43. The van der Waals surface area contributed by atoms with Gasteiger partial charge in [0.25, 0.3) is 5.91 Å². The minimum Gasteiger partial charge on any atom is -0.494 e. The summed E-state index contributed by atoms with van der Waals surface area (Å²) in [6.45, 7) is 2.07. The van der Waals surface area contributed by atoms with Gasteiger partial charge in [-0.05, 0) is 31.2 Å². The second-order valence-corrected chi connectivity index (χ2v) is 4.11. The summed E-state index contributed by atoms with van der Waals surface area (Å²) >= 11 is 0. The van der Waals surface area contributed by atoms with Gasteiger partial charge in [-0.15, -0.1) is 0 Å². The average Bonchev–Trinajstić information content (AvgIpc) is 2.46. The van der Waals surface area contributed by atoms with Crippen molar-refractivity contribution in [2.24, 2.45) is 0 Å². The number of carbonyl (C=O) groups excluding carboxylic acids is 1. The Hall–Kier alpha value is -2.28. The van der Waals surface area contributed by atoms with Crippen LogP contribution in [0.2, 0.25) is 0 Å². The van der Waals surface area contributed by atoms with Crippen molar-refractivity contribution in [2.45, 2.75) is 13.0 Å². The maximum Gasteiger partial charge on any atom is 0.328 e. The molecule has 0 radical (unpaired) electrons. The molecule has 0 saturated carbocycles. The fourth-order valence-electron chi connectivity index (χ4n) is 1.52. The van der Waals surface area contributed by atoms with Gasteiger partial charge in [0.05, 0.1) is 13.2 Å². The molecule has 0 aliphatic rings. The maximum atomic E-state index is 11.6. The molecule has 1 rings (SSSR count). The van der Waals surface area contributed by atoms with Gasteiger partial charge in [-0.1, -0.05) is 0 Å². The van der Waals surface area contributed by atoms with Crippen LogP contribution in [-0.2, 0) is 14.3 Å². The summed E-state index contributed by atoms with van der Waals surface area (Å²) in [5.41, 5.74) is 0. The fraction of sp³-hybridized carbons (Fsp3) is 0.429. The Bertz CT molecular complexity index is 459. The van der Waals surface area contributed by atoms with Crippen molar-refractivity contribution in [2.75, 3.05) is 26.9 Å². The van der Waals surface area contributed by atoms with Crippen molar-refractivity contribution in [3.8, 4) is 11.5 Å². The molecule has 0 heterocycles. The summed E-state index contributed by atoms with van der Waals surface area (Å²) in [6.07, 6.45) is 0. The van der Waals surface area contributed by atoms with Crippen molar-refractivity contribution >= 4 is 11.9 Å². The van der Waals surface area contributed by atoms with Crippen LogP contribution in [0.25, 0.3) is 0 Å². The first-order valence-electron chi connectivity index (χ1n) is 6.43. The first kappa shape index (κ1) is 16.8. The number of rotatable bonds is 9. The number of carboxylic acids is 1. The van der Waals surface area contributed by atoms with E-state index in [2.05, 4.69) is 5.32 Å². The lowest BCUT2D eigenvalue weighted by Gasteiger charge is -2.14. The minimum absolute atomic E-state index is 0.107. The quantitative estimate of drug-likeness (QED) is 0.696. The second-order valence-electron chi connectivity index (χ2n) is 4.11. The summed E-state index contributed by atoms with van der Waals surface area (Å²) in [4.78, 5) is 22.4. The predicted molar refractivity (Wildman–Crippen MR) is 74.5 cm³/mol. The van der Waals surface area contributed by atoms with E-state index in [1.54, 1.807) is 24.3 Å². The standard InChI is InChI=1S/C14H19NO6/c1-3-20-10-4-6-11(7-5-10)21-9-13(16)15-12(8-19-2)14(17)18/h4-7,12H,3,8-9H2,1-2H3,(H,15,16)(H,17,18). The van der Waals surface area contributed by atoms with Gasteiger partial charge in [0.15, 0.2) is 12.6 Å². The van der Waals surface area contributed by atoms with Crippen molar-refractivity contribution in [1.82, 2.24) is 5.32 Å². The molecule has 0 spiro atoms. The van der Waals surface area contributed by atoms with E-state index in [1.807, 2.05) is 6.92 Å². The number of hydrogen-bond acceptors (Lipinski definition) is 5. The molecule has 0 aliphatic carbocycles. The Kier molecular flexibility index (Phi) is 7.03. The third kappa shape index (κ3) is 6.13. The molecule has 0 aromatic heterocycles. The topological polar surface area (TPSA) is 94.1 Å². The number of methoxy groups -OCH3 is 1.